The first-order valence-corrected chi connectivity index (χ1v) is 6.52. The molecule has 1 aromatic carbocycles. The third-order valence-corrected chi connectivity index (χ3v) is 3.27. The molecule has 0 spiro atoms. The highest BCUT2D eigenvalue weighted by Gasteiger charge is 2.14. The largest absolute Gasteiger partial charge is 0.472 e. The fourth-order valence-electron chi connectivity index (χ4n) is 2.40. The first-order chi connectivity index (χ1) is 8.70. The molecule has 0 radical (unpaired) electrons. The second kappa shape index (κ2) is 5.87. The Morgan fingerprint density at radius 2 is 2.06 bits per heavy atom. The summed E-state index contributed by atoms with van der Waals surface area (Å²) in [5, 5.41) is 3.56. The van der Waals surface area contributed by atoms with E-state index in [1.165, 1.54) is 22.3 Å². The molecule has 1 unspecified atom stereocenters. The van der Waals surface area contributed by atoms with Crippen molar-refractivity contribution in [1.82, 2.24) is 5.32 Å². The van der Waals surface area contributed by atoms with Crippen LogP contribution in [0.2, 0.25) is 0 Å². The molecule has 1 atom stereocenters. The Labute approximate surface area is 109 Å². The SMILES string of the molecule is CCNC(Cc1ccoc1)c1ccc(C)cc1C. The Kier molecular flexibility index (Phi) is 4.21. The summed E-state index contributed by atoms with van der Waals surface area (Å²) in [6.07, 6.45) is 4.53. The average molecular weight is 243 g/mol. The number of furan rings is 1. The number of nitrogens with one attached hydrogen (secondary N) is 1. The van der Waals surface area contributed by atoms with Gasteiger partial charge in [-0.05, 0) is 49.6 Å². The second-order valence-electron chi connectivity index (χ2n) is 4.81. The summed E-state index contributed by atoms with van der Waals surface area (Å²) in [6, 6.07) is 9.05. The van der Waals surface area contributed by atoms with Gasteiger partial charge in [-0.25, -0.2) is 0 Å². The lowest BCUT2D eigenvalue weighted by Crippen LogP contribution is -2.23. The third-order valence-electron chi connectivity index (χ3n) is 3.27. The molecule has 18 heavy (non-hydrogen) atoms. The van der Waals surface area contributed by atoms with Crippen LogP contribution in [0.3, 0.4) is 0 Å². The van der Waals surface area contributed by atoms with Crippen LogP contribution in [-0.4, -0.2) is 6.54 Å². The van der Waals surface area contributed by atoms with Gasteiger partial charge in [-0.1, -0.05) is 30.7 Å². The lowest BCUT2D eigenvalue weighted by molar-refractivity contribution is 0.533. The molecule has 0 saturated heterocycles. The Hall–Kier alpha value is -1.54. The molecule has 96 valence electrons. The van der Waals surface area contributed by atoms with Crippen molar-refractivity contribution in [2.75, 3.05) is 6.54 Å². The molecule has 2 heteroatoms. The minimum absolute atomic E-state index is 0.355. The number of hydrogen-bond donors (Lipinski definition) is 1. The molecule has 0 bridgehead atoms. The van der Waals surface area contributed by atoms with Crippen LogP contribution in [0.1, 0.15) is 35.2 Å². The van der Waals surface area contributed by atoms with Gasteiger partial charge in [0.1, 0.15) is 0 Å². The van der Waals surface area contributed by atoms with Crippen LogP contribution >= 0.6 is 0 Å². The monoisotopic (exact) mass is 243 g/mol. The predicted octanol–water partition coefficient (Wildman–Crippen LogP) is 3.79. The highest BCUT2D eigenvalue weighted by atomic mass is 16.3. The van der Waals surface area contributed by atoms with Gasteiger partial charge in [-0.15, -0.1) is 0 Å². The second-order valence-corrected chi connectivity index (χ2v) is 4.81. The smallest absolute Gasteiger partial charge is 0.0935 e. The Morgan fingerprint density at radius 3 is 2.67 bits per heavy atom. The molecule has 1 aromatic heterocycles. The molecular formula is C16H21NO. The van der Waals surface area contributed by atoms with Crippen LogP contribution < -0.4 is 5.32 Å². The molecule has 0 fully saturated rings. The minimum atomic E-state index is 0.355. The summed E-state index contributed by atoms with van der Waals surface area (Å²) in [7, 11) is 0. The summed E-state index contributed by atoms with van der Waals surface area (Å²) in [4.78, 5) is 0. The Bertz CT molecular complexity index is 488. The van der Waals surface area contributed by atoms with E-state index in [9.17, 15) is 0 Å². The third kappa shape index (κ3) is 3.02. The first-order valence-electron chi connectivity index (χ1n) is 6.52. The normalized spacial score (nSPS) is 12.6. The van der Waals surface area contributed by atoms with Crippen LogP contribution in [0.5, 0.6) is 0 Å². The maximum atomic E-state index is 5.15. The fraction of sp³-hybridized carbons (Fsp3) is 0.375. The highest BCUT2D eigenvalue weighted by molar-refractivity contribution is 5.33. The van der Waals surface area contributed by atoms with Crippen LogP contribution in [-0.2, 0) is 6.42 Å². The molecule has 2 rings (SSSR count). The van der Waals surface area contributed by atoms with Crippen molar-refractivity contribution < 1.29 is 4.42 Å². The number of hydrogen-bond acceptors (Lipinski definition) is 2. The van der Waals surface area contributed by atoms with Gasteiger partial charge in [0.25, 0.3) is 0 Å². The molecule has 1 N–H and O–H groups in total. The first kappa shape index (κ1) is 12.9. The Balaban J connectivity index is 2.23. The molecule has 2 aromatic rings. The van der Waals surface area contributed by atoms with Gasteiger partial charge in [0.15, 0.2) is 0 Å². The lowest BCUT2D eigenvalue weighted by atomic mass is 9.95. The van der Waals surface area contributed by atoms with Crippen molar-refractivity contribution in [2.45, 2.75) is 33.2 Å². The Morgan fingerprint density at radius 1 is 1.22 bits per heavy atom. The van der Waals surface area contributed by atoms with Crippen LogP contribution in [0, 0.1) is 13.8 Å². The summed E-state index contributed by atoms with van der Waals surface area (Å²) >= 11 is 0. The van der Waals surface area contributed by atoms with E-state index in [1.54, 1.807) is 6.26 Å². The van der Waals surface area contributed by atoms with Gasteiger partial charge in [-0.3, -0.25) is 0 Å². The van der Waals surface area contributed by atoms with Crippen molar-refractivity contribution in [2.24, 2.45) is 0 Å². The van der Waals surface area contributed by atoms with Crippen molar-refractivity contribution >= 4 is 0 Å². The molecule has 0 aliphatic rings. The standard InChI is InChI=1S/C16H21NO/c1-4-17-16(10-14-7-8-18-11-14)15-6-5-12(2)9-13(15)3/h5-9,11,16-17H,4,10H2,1-3H3. The van der Waals surface area contributed by atoms with E-state index < -0.39 is 0 Å². The van der Waals surface area contributed by atoms with E-state index in [0.717, 1.165) is 13.0 Å². The van der Waals surface area contributed by atoms with Crippen molar-refractivity contribution in [3.63, 3.8) is 0 Å². The highest BCUT2D eigenvalue weighted by Crippen LogP contribution is 2.23. The van der Waals surface area contributed by atoms with Crippen molar-refractivity contribution in [3.05, 3.63) is 59.0 Å². The van der Waals surface area contributed by atoms with Crippen LogP contribution in [0.25, 0.3) is 0 Å². The van der Waals surface area contributed by atoms with Crippen molar-refractivity contribution in [1.29, 1.82) is 0 Å². The number of rotatable bonds is 5. The maximum Gasteiger partial charge on any atom is 0.0935 e. The topological polar surface area (TPSA) is 25.2 Å². The molecule has 1 heterocycles. The molecule has 0 aliphatic heterocycles. The zero-order valence-electron chi connectivity index (χ0n) is 11.4. The maximum absolute atomic E-state index is 5.15. The zero-order valence-corrected chi connectivity index (χ0v) is 11.4. The molecular weight excluding hydrogens is 222 g/mol. The van der Waals surface area contributed by atoms with Crippen molar-refractivity contribution in [3.8, 4) is 0 Å². The quantitative estimate of drug-likeness (QED) is 0.864. The van der Waals surface area contributed by atoms with Gasteiger partial charge in [0, 0.05) is 6.04 Å². The van der Waals surface area contributed by atoms with Gasteiger partial charge in [0.05, 0.1) is 12.5 Å². The van der Waals surface area contributed by atoms with E-state index in [0.29, 0.717) is 6.04 Å². The van der Waals surface area contributed by atoms with Crippen LogP contribution in [0.4, 0.5) is 0 Å². The van der Waals surface area contributed by atoms with E-state index in [-0.39, 0.29) is 0 Å². The van der Waals surface area contributed by atoms with Gasteiger partial charge < -0.3 is 9.73 Å². The molecule has 0 amide bonds. The predicted molar refractivity (Wildman–Crippen MR) is 74.7 cm³/mol. The summed E-state index contributed by atoms with van der Waals surface area (Å²) < 4.78 is 5.15. The zero-order chi connectivity index (χ0) is 13.0. The summed E-state index contributed by atoms with van der Waals surface area (Å²) in [6.45, 7) is 7.43. The average Bonchev–Trinajstić information content (AvgIpc) is 2.81. The summed E-state index contributed by atoms with van der Waals surface area (Å²) in [5.74, 6) is 0. The van der Waals surface area contributed by atoms with Gasteiger partial charge >= 0.3 is 0 Å². The summed E-state index contributed by atoms with van der Waals surface area (Å²) in [5.41, 5.74) is 5.28. The van der Waals surface area contributed by atoms with Gasteiger partial charge in [0.2, 0.25) is 0 Å². The fourth-order valence-corrected chi connectivity index (χ4v) is 2.40. The van der Waals surface area contributed by atoms with E-state index in [2.05, 4.69) is 44.3 Å². The van der Waals surface area contributed by atoms with E-state index in [1.807, 2.05) is 12.3 Å². The lowest BCUT2D eigenvalue weighted by Gasteiger charge is -2.20. The van der Waals surface area contributed by atoms with Crippen LogP contribution in [0.15, 0.2) is 41.2 Å². The molecule has 0 aliphatic carbocycles. The minimum Gasteiger partial charge on any atom is -0.472 e. The van der Waals surface area contributed by atoms with Gasteiger partial charge in [-0.2, -0.15) is 0 Å². The van der Waals surface area contributed by atoms with E-state index in [4.69, 9.17) is 4.42 Å². The number of likely N-dealkylation sites (N-methyl/N-ethyl adjacent to an activating group) is 1. The van der Waals surface area contributed by atoms with E-state index >= 15 is 0 Å². The molecule has 2 nitrogen and oxygen atoms in total. The molecule has 0 saturated carbocycles. The number of aryl methyl sites for hydroxylation is 2. The number of benzene rings is 1.